The fourth-order valence-electron chi connectivity index (χ4n) is 1.86. The molecule has 4 heteroatoms. The zero-order valence-corrected chi connectivity index (χ0v) is 12.3. The van der Waals surface area contributed by atoms with E-state index in [2.05, 4.69) is 6.92 Å². The van der Waals surface area contributed by atoms with Gasteiger partial charge in [0.25, 0.3) is 0 Å². The van der Waals surface area contributed by atoms with Crippen LogP contribution in [0.3, 0.4) is 0 Å². The van der Waals surface area contributed by atoms with Crippen LogP contribution in [0, 0.1) is 5.82 Å². The molecule has 0 saturated carbocycles. The molecule has 0 spiro atoms. The molecule has 0 bridgehead atoms. The molecule has 0 unspecified atom stereocenters. The summed E-state index contributed by atoms with van der Waals surface area (Å²) in [4.78, 5) is 0.0694. The average Bonchev–Trinajstić information content (AvgIpc) is 2.37. The minimum absolute atomic E-state index is 0.0694. The van der Waals surface area contributed by atoms with Crippen LogP contribution in [0.25, 0.3) is 0 Å². The van der Waals surface area contributed by atoms with Gasteiger partial charge in [-0.1, -0.05) is 51.2 Å². The Bertz CT molecular complexity index is 409. The molecule has 0 amide bonds. The number of ether oxygens (including phenoxy) is 1. The Morgan fingerprint density at radius 3 is 2.53 bits per heavy atom. The van der Waals surface area contributed by atoms with Crippen molar-refractivity contribution in [2.24, 2.45) is 5.73 Å². The summed E-state index contributed by atoms with van der Waals surface area (Å²) in [6, 6.07) is 4.61. The first-order valence-electron chi connectivity index (χ1n) is 6.87. The van der Waals surface area contributed by atoms with Crippen LogP contribution in [0.5, 0.6) is 5.75 Å². The van der Waals surface area contributed by atoms with Crippen LogP contribution in [-0.4, -0.2) is 11.6 Å². The van der Waals surface area contributed by atoms with E-state index in [-0.39, 0.29) is 10.6 Å². The SMILES string of the molecule is CCCCCCCCOc1ccc(C(N)=S)c(F)c1. The van der Waals surface area contributed by atoms with E-state index in [1.165, 1.54) is 31.7 Å². The molecule has 0 heterocycles. The van der Waals surface area contributed by atoms with E-state index < -0.39 is 5.82 Å². The highest BCUT2D eigenvalue weighted by Gasteiger charge is 2.06. The normalized spacial score (nSPS) is 10.4. The number of halogens is 1. The molecule has 2 N–H and O–H groups in total. The molecular formula is C15H22FNOS. The van der Waals surface area contributed by atoms with Gasteiger partial charge in [-0.05, 0) is 18.6 Å². The third-order valence-electron chi connectivity index (χ3n) is 2.97. The maximum Gasteiger partial charge on any atom is 0.137 e. The van der Waals surface area contributed by atoms with Gasteiger partial charge < -0.3 is 10.5 Å². The van der Waals surface area contributed by atoms with E-state index in [0.717, 1.165) is 12.8 Å². The van der Waals surface area contributed by atoms with Crippen molar-refractivity contribution < 1.29 is 9.13 Å². The van der Waals surface area contributed by atoms with Crippen molar-refractivity contribution in [2.45, 2.75) is 45.4 Å². The highest BCUT2D eigenvalue weighted by atomic mass is 32.1. The number of unbranched alkanes of at least 4 members (excludes halogenated alkanes) is 5. The number of nitrogens with two attached hydrogens (primary N) is 1. The highest BCUT2D eigenvalue weighted by Crippen LogP contribution is 2.17. The van der Waals surface area contributed by atoms with E-state index in [0.29, 0.717) is 12.4 Å². The van der Waals surface area contributed by atoms with Crippen molar-refractivity contribution in [3.63, 3.8) is 0 Å². The van der Waals surface area contributed by atoms with Gasteiger partial charge in [-0.2, -0.15) is 0 Å². The second-order valence-corrected chi connectivity index (χ2v) is 5.06. The van der Waals surface area contributed by atoms with Crippen molar-refractivity contribution in [1.82, 2.24) is 0 Å². The number of benzene rings is 1. The Balaban J connectivity index is 2.26. The molecule has 1 aromatic rings. The van der Waals surface area contributed by atoms with Gasteiger partial charge in [0.05, 0.1) is 6.61 Å². The van der Waals surface area contributed by atoms with E-state index >= 15 is 0 Å². The molecule has 0 saturated heterocycles. The van der Waals surface area contributed by atoms with E-state index in [1.807, 2.05) is 0 Å². The van der Waals surface area contributed by atoms with E-state index in [4.69, 9.17) is 22.7 Å². The summed E-state index contributed by atoms with van der Waals surface area (Å²) in [6.07, 6.45) is 7.24. The summed E-state index contributed by atoms with van der Waals surface area (Å²) in [6.45, 7) is 2.83. The highest BCUT2D eigenvalue weighted by molar-refractivity contribution is 7.80. The predicted molar refractivity (Wildman–Crippen MR) is 81.2 cm³/mol. The number of hydrogen-bond donors (Lipinski definition) is 1. The maximum atomic E-state index is 13.6. The molecule has 0 atom stereocenters. The van der Waals surface area contributed by atoms with Crippen LogP contribution >= 0.6 is 12.2 Å². The molecule has 0 aliphatic rings. The maximum absolute atomic E-state index is 13.6. The van der Waals surface area contributed by atoms with Crippen molar-refractivity contribution in [3.8, 4) is 5.75 Å². The molecule has 1 aromatic carbocycles. The van der Waals surface area contributed by atoms with Gasteiger partial charge in [-0.25, -0.2) is 4.39 Å². The second-order valence-electron chi connectivity index (χ2n) is 4.62. The minimum atomic E-state index is -0.423. The lowest BCUT2D eigenvalue weighted by atomic mass is 10.1. The molecule has 0 aromatic heterocycles. The Hall–Kier alpha value is -1.16. The largest absolute Gasteiger partial charge is 0.493 e. The van der Waals surface area contributed by atoms with Gasteiger partial charge >= 0.3 is 0 Å². The Kier molecular flexibility index (Phi) is 7.41. The summed E-state index contributed by atoms with van der Waals surface area (Å²) in [7, 11) is 0. The molecule has 0 fully saturated rings. The monoisotopic (exact) mass is 283 g/mol. The van der Waals surface area contributed by atoms with Crippen LogP contribution in [0.1, 0.15) is 51.0 Å². The van der Waals surface area contributed by atoms with E-state index in [9.17, 15) is 4.39 Å². The number of rotatable bonds is 9. The third-order valence-corrected chi connectivity index (χ3v) is 3.19. The Morgan fingerprint density at radius 1 is 1.21 bits per heavy atom. The topological polar surface area (TPSA) is 35.2 Å². The van der Waals surface area contributed by atoms with Crippen molar-refractivity contribution in [1.29, 1.82) is 0 Å². The first-order chi connectivity index (χ1) is 9.15. The van der Waals surface area contributed by atoms with Crippen LogP contribution < -0.4 is 10.5 Å². The summed E-state index contributed by atoms with van der Waals surface area (Å²) < 4.78 is 19.1. The lowest BCUT2D eigenvalue weighted by Gasteiger charge is -2.08. The third kappa shape index (κ3) is 6.01. The average molecular weight is 283 g/mol. The van der Waals surface area contributed by atoms with Crippen LogP contribution in [0.2, 0.25) is 0 Å². The smallest absolute Gasteiger partial charge is 0.137 e. The summed E-state index contributed by atoms with van der Waals surface area (Å²) in [5.41, 5.74) is 5.66. The molecule has 19 heavy (non-hydrogen) atoms. The van der Waals surface area contributed by atoms with Crippen molar-refractivity contribution in [3.05, 3.63) is 29.6 Å². The zero-order valence-electron chi connectivity index (χ0n) is 11.5. The van der Waals surface area contributed by atoms with Gasteiger partial charge in [0.1, 0.15) is 16.6 Å². The first kappa shape index (κ1) is 15.9. The van der Waals surface area contributed by atoms with Crippen molar-refractivity contribution >= 4 is 17.2 Å². The summed E-state index contributed by atoms with van der Waals surface area (Å²) in [5, 5.41) is 0. The minimum Gasteiger partial charge on any atom is -0.493 e. The molecule has 0 aliphatic heterocycles. The molecule has 0 aliphatic carbocycles. The summed E-state index contributed by atoms with van der Waals surface area (Å²) >= 11 is 4.75. The predicted octanol–water partition coefficient (Wildman–Crippen LogP) is 4.20. The fraction of sp³-hybridized carbons (Fsp3) is 0.533. The second kappa shape index (κ2) is 8.86. The quantitative estimate of drug-likeness (QED) is 0.545. The molecule has 106 valence electrons. The van der Waals surface area contributed by atoms with Gasteiger partial charge in [-0.3, -0.25) is 0 Å². The first-order valence-corrected chi connectivity index (χ1v) is 7.28. The van der Waals surface area contributed by atoms with Gasteiger partial charge in [0, 0.05) is 11.6 Å². The number of thiocarbonyl (C=S) groups is 1. The fourth-order valence-corrected chi connectivity index (χ4v) is 2.02. The summed E-state index contributed by atoms with van der Waals surface area (Å²) in [5.74, 6) is 0.110. The number of hydrogen-bond acceptors (Lipinski definition) is 2. The molecule has 2 nitrogen and oxygen atoms in total. The van der Waals surface area contributed by atoms with Crippen LogP contribution in [0.4, 0.5) is 4.39 Å². The standard InChI is InChI=1S/C15H22FNOS/c1-2-3-4-5-6-7-10-18-12-8-9-13(15(17)19)14(16)11-12/h8-9,11H,2-7,10H2,1H3,(H2,17,19). The lowest BCUT2D eigenvalue weighted by Crippen LogP contribution is -2.11. The molecular weight excluding hydrogens is 261 g/mol. The van der Waals surface area contributed by atoms with E-state index in [1.54, 1.807) is 12.1 Å². The Morgan fingerprint density at radius 2 is 1.89 bits per heavy atom. The lowest BCUT2D eigenvalue weighted by molar-refractivity contribution is 0.303. The van der Waals surface area contributed by atoms with Crippen molar-refractivity contribution in [2.75, 3.05) is 6.61 Å². The van der Waals surface area contributed by atoms with Gasteiger partial charge in [0.15, 0.2) is 0 Å². The van der Waals surface area contributed by atoms with Crippen LogP contribution in [0.15, 0.2) is 18.2 Å². The zero-order chi connectivity index (χ0) is 14.1. The Labute approximate surface area is 120 Å². The van der Waals surface area contributed by atoms with Crippen LogP contribution in [-0.2, 0) is 0 Å². The van der Waals surface area contributed by atoms with Gasteiger partial charge in [0.2, 0.25) is 0 Å². The van der Waals surface area contributed by atoms with Gasteiger partial charge in [-0.15, -0.1) is 0 Å². The molecule has 1 rings (SSSR count). The molecule has 0 radical (unpaired) electrons.